The van der Waals surface area contributed by atoms with Crippen molar-refractivity contribution in [2.75, 3.05) is 7.11 Å². The molecule has 0 aliphatic heterocycles. The van der Waals surface area contributed by atoms with E-state index in [1.165, 1.54) is 89.1 Å². The summed E-state index contributed by atoms with van der Waals surface area (Å²) in [6, 6.07) is 2.41. The van der Waals surface area contributed by atoms with E-state index in [1.807, 2.05) is 7.11 Å². The molecule has 2 rings (SSSR count). The van der Waals surface area contributed by atoms with Gasteiger partial charge in [0.15, 0.2) is 0 Å². The minimum absolute atomic E-state index is 0.514. The van der Waals surface area contributed by atoms with Gasteiger partial charge >= 0.3 is 8.56 Å². The Kier molecular flexibility index (Phi) is 8.63. The van der Waals surface area contributed by atoms with Crippen molar-refractivity contribution in [1.29, 1.82) is 0 Å². The van der Waals surface area contributed by atoms with Crippen molar-refractivity contribution in [2.24, 2.45) is 11.8 Å². The van der Waals surface area contributed by atoms with Crippen LogP contribution in [-0.2, 0) is 8.85 Å². The van der Waals surface area contributed by atoms with Crippen LogP contribution < -0.4 is 0 Å². The fraction of sp³-hybridized carbons (Fsp3) is 1.00. The van der Waals surface area contributed by atoms with Crippen LogP contribution in [0, 0.1) is 11.8 Å². The molecule has 2 aliphatic carbocycles. The Morgan fingerprint density at radius 1 is 0.826 bits per heavy atom. The number of unbranched alkanes of at least 4 members (excludes halogenated alkanes) is 2. The van der Waals surface area contributed by atoms with Crippen LogP contribution in [0.25, 0.3) is 0 Å². The van der Waals surface area contributed by atoms with E-state index < -0.39 is 8.56 Å². The van der Waals surface area contributed by atoms with Gasteiger partial charge in [0.2, 0.25) is 0 Å². The van der Waals surface area contributed by atoms with E-state index in [-0.39, 0.29) is 0 Å². The molecule has 2 saturated carbocycles. The Hall–Kier alpha value is 0.137. The van der Waals surface area contributed by atoms with Gasteiger partial charge in [0, 0.05) is 7.11 Å². The predicted molar refractivity (Wildman–Crippen MR) is 101 cm³/mol. The molecular weight excluding hydrogens is 300 g/mol. The summed E-state index contributed by atoms with van der Waals surface area (Å²) in [6.45, 7) is 4.58. The maximum atomic E-state index is 7.08. The Morgan fingerprint density at radius 3 is 1.61 bits per heavy atom. The summed E-state index contributed by atoms with van der Waals surface area (Å²) in [7, 11) is -0.0672. The zero-order chi connectivity index (χ0) is 16.5. The third-order valence-electron chi connectivity index (χ3n) is 6.27. The van der Waals surface area contributed by atoms with Gasteiger partial charge in [-0.1, -0.05) is 65.2 Å². The summed E-state index contributed by atoms with van der Waals surface area (Å²) in [5.74, 6) is 1.65. The molecule has 0 radical (unpaired) electrons. The first-order chi connectivity index (χ1) is 11.2. The molecule has 0 aromatic heterocycles. The highest BCUT2D eigenvalue weighted by molar-refractivity contribution is 6.67. The van der Waals surface area contributed by atoms with Gasteiger partial charge in [-0.05, 0) is 49.6 Å². The zero-order valence-electron chi connectivity index (χ0n) is 15.9. The predicted octanol–water partition coefficient (Wildman–Crippen LogP) is 6.44. The van der Waals surface area contributed by atoms with Gasteiger partial charge in [0.25, 0.3) is 0 Å². The van der Waals surface area contributed by atoms with Crippen molar-refractivity contribution in [1.82, 2.24) is 0 Å². The first kappa shape index (κ1) is 19.5. The van der Waals surface area contributed by atoms with Gasteiger partial charge < -0.3 is 8.85 Å². The Bertz CT molecular complexity index is 285. The SMILES string of the molecule is CCCC[Si](CCCC)(OC)OC(C1CCCC1)C1CCCC1. The molecule has 2 nitrogen and oxygen atoms in total. The molecule has 0 atom stereocenters. The maximum absolute atomic E-state index is 7.08. The van der Waals surface area contributed by atoms with Gasteiger partial charge in [-0.25, -0.2) is 0 Å². The highest BCUT2D eigenvalue weighted by Crippen LogP contribution is 2.41. The van der Waals surface area contributed by atoms with Crippen LogP contribution in [0.2, 0.25) is 12.1 Å². The second kappa shape index (κ2) is 10.2. The lowest BCUT2D eigenvalue weighted by Gasteiger charge is -2.39. The first-order valence-corrected chi connectivity index (χ1v) is 12.7. The molecule has 0 saturated heterocycles. The van der Waals surface area contributed by atoms with Gasteiger partial charge in [-0.3, -0.25) is 0 Å². The minimum Gasteiger partial charge on any atom is -0.398 e. The third-order valence-corrected chi connectivity index (χ3v) is 9.95. The molecular formula is C20H40O2Si. The number of hydrogen-bond acceptors (Lipinski definition) is 2. The summed E-state index contributed by atoms with van der Waals surface area (Å²) in [6.07, 6.45) is 16.8. The molecule has 0 amide bonds. The summed E-state index contributed by atoms with van der Waals surface area (Å²) in [4.78, 5) is 0. The lowest BCUT2D eigenvalue weighted by atomic mass is 9.89. The van der Waals surface area contributed by atoms with E-state index in [2.05, 4.69) is 13.8 Å². The van der Waals surface area contributed by atoms with Crippen molar-refractivity contribution >= 4 is 8.56 Å². The van der Waals surface area contributed by atoms with Crippen LogP contribution in [-0.4, -0.2) is 21.8 Å². The first-order valence-electron chi connectivity index (χ1n) is 10.5. The second-order valence-electron chi connectivity index (χ2n) is 7.99. The van der Waals surface area contributed by atoms with Crippen molar-refractivity contribution < 1.29 is 8.85 Å². The molecule has 3 heteroatoms. The van der Waals surface area contributed by atoms with E-state index in [4.69, 9.17) is 8.85 Å². The van der Waals surface area contributed by atoms with Crippen molar-refractivity contribution in [3.8, 4) is 0 Å². The fourth-order valence-corrected chi connectivity index (χ4v) is 8.44. The van der Waals surface area contributed by atoms with Crippen LogP contribution in [0.3, 0.4) is 0 Å². The zero-order valence-corrected chi connectivity index (χ0v) is 16.9. The summed E-state index contributed by atoms with van der Waals surface area (Å²) >= 11 is 0. The molecule has 2 aliphatic rings. The second-order valence-corrected chi connectivity index (χ2v) is 11.5. The lowest BCUT2D eigenvalue weighted by molar-refractivity contribution is 0.0383. The largest absolute Gasteiger partial charge is 0.398 e. The van der Waals surface area contributed by atoms with Crippen molar-refractivity contribution in [2.45, 2.75) is 109 Å². The standard InChI is InChI=1S/C20H40O2Si/c1-4-6-16-23(21-3,17-7-5-2)22-20(18-12-8-9-13-18)19-14-10-11-15-19/h18-20H,4-17H2,1-3H3. The van der Waals surface area contributed by atoms with E-state index in [9.17, 15) is 0 Å². The summed E-state index contributed by atoms with van der Waals surface area (Å²) in [5, 5.41) is 0. The molecule has 0 N–H and O–H groups in total. The van der Waals surface area contributed by atoms with Crippen molar-refractivity contribution in [3.63, 3.8) is 0 Å². The maximum Gasteiger partial charge on any atom is 0.338 e. The number of hydrogen-bond donors (Lipinski definition) is 0. The third kappa shape index (κ3) is 5.57. The fourth-order valence-electron chi connectivity index (χ4n) is 4.78. The van der Waals surface area contributed by atoms with E-state index >= 15 is 0 Å². The molecule has 0 aromatic rings. The van der Waals surface area contributed by atoms with Crippen LogP contribution in [0.5, 0.6) is 0 Å². The highest BCUT2D eigenvalue weighted by atomic mass is 28.4. The van der Waals surface area contributed by atoms with E-state index in [1.54, 1.807) is 0 Å². The minimum atomic E-state index is -2.01. The molecule has 0 aromatic carbocycles. The molecule has 0 heterocycles. The van der Waals surface area contributed by atoms with Crippen LogP contribution >= 0.6 is 0 Å². The molecule has 136 valence electrons. The molecule has 23 heavy (non-hydrogen) atoms. The van der Waals surface area contributed by atoms with Crippen LogP contribution in [0.1, 0.15) is 90.9 Å². The van der Waals surface area contributed by atoms with Gasteiger partial charge in [0.1, 0.15) is 0 Å². The molecule has 2 fully saturated rings. The van der Waals surface area contributed by atoms with E-state index in [0.717, 1.165) is 11.8 Å². The Balaban J connectivity index is 2.09. The quantitative estimate of drug-likeness (QED) is 0.403. The van der Waals surface area contributed by atoms with E-state index in [0.29, 0.717) is 6.10 Å². The van der Waals surface area contributed by atoms with Gasteiger partial charge in [-0.2, -0.15) is 0 Å². The summed E-state index contributed by atoms with van der Waals surface area (Å²) in [5.41, 5.74) is 0. The highest BCUT2D eigenvalue weighted by Gasteiger charge is 2.43. The average molecular weight is 341 g/mol. The molecule has 0 bridgehead atoms. The number of rotatable bonds is 11. The summed E-state index contributed by atoms with van der Waals surface area (Å²) < 4.78 is 13.3. The van der Waals surface area contributed by atoms with Gasteiger partial charge in [0.05, 0.1) is 6.10 Å². The van der Waals surface area contributed by atoms with Crippen LogP contribution in [0.15, 0.2) is 0 Å². The smallest absolute Gasteiger partial charge is 0.338 e. The molecule has 0 unspecified atom stereocenters. The monoisotopic (exact) mass is 340 g/mol. The normalized spacial score (nSPS) is 20.9. The average Bonchev–Trinajstić information content (AvgIpc) is 3.28. The van der Waals surface area contributed by atoms with Gasteiger partial charge in [-0.15, -0.1) is 0 Å². The van der Waals surface area contributed by atoms with Crippen LogP contribution in [0.4, 0.5) is 0 Å². The topological polar surface area (TPSA) is 18.5 Å². The lowest BCUT2D eigenvalue weighted by Crippen LogP contribution is -2.48. The Morgan fingerprint density at radius 2 is 1.26 bits per heavy atom. The molecule has 0 spiro atoms. The Labute approximate surface area is 146 Å². The van der Waals surface area contributed by atoms with Crippen molar-refractivity contribution in [3.05, 3.63) is 0 Å².